The van der Waals surface area contributed by atoms with E-state index in [1.54, 1.807) is 20.8 Å². The molecular formula is C51H75BrF6O15S. The Morgan fingerprint density at radius 3 is 1.16 bits per heavy atom. The van der Waals surface area contributed by atoms with Crippen molar-refractivity contribution in [1.29, 1.82) is 0 Å². The van der Waals surface area contributed by atoms with Gasteiger partial charge in [0.05, 0.1) is 11.9 Å². The van der Waals surface area contributed by atoms with Crippen LogP contribution in [0.25, 0.3) is 0 Å². The van der Waals surface area contributed by atoms with Gasteiger partial charge in [0.25, 0.3) is 11.6 Å². The average Bonchev–Trinajstić information content (AvgIpc) is 3.81. The summed E-state index contributed by atoms with van der Waals surface area (Å²) in [6, 6.07) is 0. The average molecular weight is 1150 g/mol. The topological polar surface area (TPSA) is 138 Å². The Hall–Kier alpha value is -0.190. The van der Waals surface area contributed by atoms with Crippen molar-refractivity contribution in [3.63, 3.8) is 0 Å². The molecule has 3 aliphatic carbocycles. The van der Waals surface area contributed by atoms with E-state index in [0.717, 1.165) is 56.7 Å². The maximum atomic E-state index is 15.2. The lowest BCUT2D eigenvalue weighted by molar-refractivity contribution is -0.598. The largest absolute Gasteiger partial charge is 0.443 e. The first-order valence-corrected chi connectivity index (χ1v) is 29.3. The third-order valence-electron chi connectivity index (χ3n) is 20.9. The molecule has 0 aromatic heterocycles. The van der Waals surface area contributed by atoms with E-state index in [-0.39, 0.29) is 58.8 Å². The van der Waals surface area contributed by atoms with E-state index < -0.39 is 106 Å². The van der Waals surface area contributed by atoms with Crippen LogP contribution in [0.5, 0.6) is 0 Å². The molecule has 0 radical (unpaired) electrons. The van der Waals surface area contributed by atoms with Gasteiger partial charge in [-0.2, -0.15) is 26.3 Å². The van der Waals surface area contributed by atoms with E-state index in [0.29, 0.717) is 38.0 Å². The van der Waals surface area contributed by atoms with Crippen LogP contribution in [0.4, 0.5) is 26.3 Å². The summed E-state index contributed by atoms with van der Waals surface area (Å²) in [4.78, 5) is 35.5. The Morgan fingerprint density at radius 1 is 0.432 bits per heavy atom. The van der Waals surface area contributed by atoms with Gasteiger partial charge < -0.3 is 42.6 Å². The zero-order valence-electron chi connectivity index (χ0n) is 43.9. The SMILES string of the molecule is C[C@@H]1CC[C@H]2[C@@H](C)[C@@](C)(OCSCO[C@@]3(C(F)(F)F)O[C@@H]4O[C@]5(C)CC[C@H]6[C@H](C)CC[C@@H]([C@H]3C)[C@@]46OO5)O[C@@H]3O[C@]4(C)CC[C@@H]1[C@]32OO4.C[C@@H]1CC[C@H]2[C@@H](C)[C@](OCBr)(C(F)(F)F)O[C@@H]3O[C@]4(C)CC[C@@H]1[C@]32OO4. The molecule has 3 saturated carbocycles. The summed E-state index contributed by atoms with van der Waals surface area (Å²) in [5.41, 5.74) is -3.21. The second-order valence-electron chi connectivity index (χ2n) is 24.8. The molecule has 6 bridgehead atoms. The molecule has 15 aliphatic rings. The number of alkyl halides is 7. The van der Waals surface area contributed by atoms with Crippen molar-refractivity contribution in [2.75, 3.05) is 17.4 Å². The van der Waals surface area contributed by atoms with Gasteiger partial charge >= 0.3 is 12.4 Å². The highest BCUT2D eigenvalue weighted by molar-refractivity contribution is 9.09. The zero-order valence-corrected chi connectivity index (χ0v) is 46.3. The summed E-state index contributed by atoms with van der Waals surface area (Å²) in [6.45, 7) is 18.8. The van der Waals surface area contributed by atoms with E-state index in [9.17, 15) is 13.2 Å². The first-order valence-electron chi connectivity index (χ1n) is 27.0. The van der Waals surface area contributed by atoms with Crippen LogP contribution in [-0.4, -0.2) is 100 Å². The molecule has 0 aromatic carbocycles. The molecular weight excluding hydrogens is 1080 g/mol. The quantitative estimate of drug-likeness (QED) is 0.0748. The van der Waals surface area contributed by atoms with E-state index in [4.69, 9.17) is 72.0 Å². The van der Waals surface area contributed by atoms with Crippen molar-refractivity contribution < 1.29 is 98.3 Å². The monoisotopic (exact) mass is 1150 g/mol. The highest BCUT2D eigenvalue weighted by atomic mass is 79.9. The molecule has 0 unspecified atom stereocenters. The summed E-state index contributed by atoms with van der Waals surface area (Å²) in [5.74, 6) is -12.2. The molecule has 3 spiro atoms. The molecule has 74 heavy (non-hydrogen) atoms. The highest BCUT2D eigenvalue weighted by Gasteiger charge is 2.80. The molecule has 424 valence electrons. The molecule has 0 amide bonds. The number of ether oxygens (including phenoxy) is 9. The summed E-state index contributed by atoms with van der Waals surface area (Å²) >= 11 is 4.07. The maximum absolute atomic E-state index is 15.2. The van der Waals surface area contributed by atoms with Crippen LogP contribution < -0.4 is 0 Å². The summed E-state index contributed by atoms with van der Waals surface area (Å²) in [6.07, 6.45) is -3.92. The van der Waals surface area contributed by atoms with Gasteiger partial charge in [0.2, 0.25) is 17.4 Å². The molecule has 15 fully saturated rings. The molecule has 15 nitrogen and oxygen atoms in total. The van der Waals surface area contributed by atoms with E-state index in [1.165, 1.54) is 6.92 Å². The fourth-order valence-corrected chi connectivity index (χ4v) is 17.6. The van der Waals surface area contributed by atoms with Crippen molar-refractivity contribution >= 4 is 27.7 Å². The third-order valence-corrected chi connectivity index (χ3v) is 21.7. The van der Waals surface area contributed by atoms with Crippen LogP contribution in [0, 0.1) is 71.0 Å². The third kappa shape index (κ3) is 8.03. The van der Waals surface area contributed by atoms with Crippen molar-refractivity contribution in [3.8, 4) is 0 Å². The van der Waals surface area contributed by atoms with Crippen molar-refractivity contribution in [3.05, 3.63) is 0 Å². The highest BCUT2D eigenvalue weighted by Crippen LogP contribution is 2.68. The van der Waals surface area contributed by atoms with Gasteiger partial charge in [0.15, 0.2) is 41.5 Å². The Morgan fingerprint density at radius 2 is 0.784 bits per heavy atom. The molecule has 0 N–H and O–H groups in total. The fourth-order valence-electron chi connectivity index (χ4n) is 16.6. The van der Waals surface area contributed by atoms with Crippen LogP contribution in [0.2, 0.25) is 0 Å². The lowest BCUT2D eigenvalue weighted by Gasteiger charge is -2.62. The van der Waals surface area contributed by atoms with Crippen molar-refractivity contribution in [1.82, 2.24) is 0 Å². The number of hydrogen-bond donors (Lipinski definition) is 0. The maximum Gasteiger partial charge on any atom is 0.443 e. The van der Waals surface area contributed by atoms with Crippen molar-refractivity contribution in [2.24, 2.45) is 71.0 Å². The molecule has 12 aliphatic heterocycles. The summed E-state index contributed by atoms with van der Waals surface area (Å²) in [7, 11) is 0. The number of fused-ring (bicyclic) bond motifs is 6. The van der Waals surface area contributed by atoms with Crippen molar-refractivity contribution in [2.45, 2.75) is 229 Å². The first-order chi connectivity index (χ1) is 34.6. The minimum atomic E-state index is -4.84. The Bertz CT molecular complexity index is 2110. The number of rotatable bonds is 8. The second kappa shape index (κ2) is 18.7. The van der Waals surface area contributed by atoms with Gasteiger partial charge in [-0.25, -0.2) is 29.3 Å². The minimum absolute atomic E-state index is 0.00762. The van der Waals surface area contributed by atoms with Gasteiger partial charge in [0, 0.05) is 54.8 Å². The van der Waals surface area contributed by atoms with Crippen LogP contribution in [-0.2, 0) is 72.0 Å². The molecule has 23 heteroatoms. The molecule has 12 saturated heterocycles. The van der Waals surface area contributed by atoms with Gasteiger partial charge in [0.1, 0.15) is 5.52 Å². The number of hydrogen-bond acceptors (Lipinski definition) is 16. The van der Waals surface area contributed by atoms with E-state index in [1.807, 2.05) is 13.8 Å². The Balaban J connectivity index is 0.000000190. The number of thioether (sulfide) groups is 1. The fraction of sp³-hybridized carbons (Fsp3) is 1.00. The van der Waals surface area contributed by atoms with Crippen LogP contribution in [0.3, 0.4) is 0 Å². The standard InChI is InChI=1S/C34H51F3O10S.C17H24BrF3O5/c1-18-8-10-24-20(3)30(7,42-26-31(24)22(18)12-14-28(5,40-26)44-46-31)38-16-48-17-39-33(34(35,36)37)21(4)25-11-9-19(2)23-13-15-29(6)41-27(43-33)32(23,25)47-45-29;1-9-4-5-12-10(2)16(22-8-18,17(19,20)21)24-13-15(12)11(9)6-7-14(3,23-13)25-26-15/h18-27H,8-17H2,1-7H3;9-13H,4-8H2,1-3H3/t18-,19-,20-,21-,22+,23+,24+,25+,26+,27+,28+,29+,30+,31-,32-,33-;9-,10-,11+,12+,13+,14+,15-,16-/m11/s1. The van der Waals surface area contributed by atoms with E-state index in [2.05, 4.69) is 43.6 Å². The molecule has 12 heterocycles. The lowest BCUT2D eigenvalue weighted by atomic mass is 9.57. The molecule has 24 atom stereocenters. The normalized spacial score (nSPS) is 56.1. The zero-order chi connectivity index (χ0) is 53.1. The predicted octanol–water partition coefficient (Wildman–Crippen LogP) is 11.9. The Kier molecular flexibility index (Phi) is 14.1. The Labute approximate surface area is 441 Å². The van der Waals surface area contributed by atoms with E-state index >= 15 is 13.2 Å². The van der Waals surface area contributed by atoms with Crippen LogP contribution >= 0.6 is 27.7 Å². The molecule has 15 rings (SSSR count). The lowest BCUT2D eigenvalue weighted by Crippen LogP contribution is -2.76. The predicted molar refractivity (Wildman–Crippen MR) is 249 cm³/mol. The van der Waals surface area contributed by atoms with Gasteiger partial charge in [-0.1, -0.05) is 57.5 Å². The second-order valence-corrected chi connectivity index (χ2v) is 26.1. The summed E-state index contributed by atoms with van der Waals surface area (Å²) < 4.78 is 142. The minimum Gasteiger partial charge on any atom is -0.339 e. The smallest absolute Gasteiger partial charge is 0.339 e. The summed E-state index contributed by atoms with van der Waals surface area (Å²) in [5, 5.41) is 0. The number of halogens is 7. The van der Waals surface area contributed by atoms with Crippen LogP contribution in [0.15, 0.2) is 0 Å². The van der Waals surface area contributed by atoms with Gasteiger partial charge in [-0.3, -0.25) is 0 Å². The molecule has 0 aromatic rings. The first kappa shape index (κ1) is 55.7. The van der Waals surface area contributed by atoms with Gasteiger partial charge in [-0.15, -0.1) is 11.8 Å². The van der Waals surface area contributed by atoms with Gasteiger partial charge in [-0.05, 0) is 121 Å². The van der Waals surface area contributed by atoms with Crippen LogP contribution in [0.1, 0.15) is 146 Å².